The van der Waals surface area contributed by atoms with Crippen LogP contribution in [0.15, 0.2) is 85.1 Å². The molecule has 61 heavy (non-hydrogen) atoms. The number of carbonyl (C=O) groups is 3. The second-order valence-corrected chi connectivity index (χ2v) is 17.0. The molecule has 0 aromatic rings. The predicted octanol–water partition coefficient (Wildman–Crippen LogP) is 12.4. The molecule has 2 unspecified atom stereocenters. The summed E-state index contributed by atoms with van der Waals surface area (Å²) in [4.78, 5) is 37.0. The van der Waals surface area contributed by atoms with Crippen LogP contribution in [0.3, 0.4) is 0 Å². The summed E-state index contributed by atoms with van der Waals surface area (Å²) in [6, 6.07) is -0.737. The van der Waals surface area contributed by atoms with Gasteiger partial charge in [0.05, 0.1) is 40.3 Å². The van der Waals surface area contributed by atoms with Crippen molar-refractivity contribution in [3.05, 3.63) is 85.1 Å². The van der Waals surface area contributed by atoms with E-state index in [4.69, 9.17) is 14.2 Å². The molecule has 0 rings (SSSR count). The van der Waals surface area contributed by atoms with Gasteiger partial charge in [0.15, 0.2) is 6.10 Å². The molecule has 0 aliphatic carbocycles. The molecule has 0 N–H and O–H groups in total. The van der Waals surface area contributed by atoms with Gasteiger partial charge in [-0.3, -0.25) is 9.59 Å². The monoisotopic (exact) mass is 852 g/mol. The van der Waals surface area contributed by atoms with E-state index in [1.54, 1.807) is 21.1 Å². The van der Waals surface area contributed by atoms with Crippen LogP contribution in [0.1, 0.15) is 181 Å². The number of allylic oxidation sites excluding steroid dienone is 14. The number of hydrogen-bond donors (Lipinski definition) is 0. The molecule has 348 valence electrons. The highest BCUT2D eigenvalue weighted by atomic mass is 16.6. The number of likely N-dealkylation sites (N-methyl/N-ethyl adjacent to an activating group) is 1. The predicted molar refractivity (Wildman–Crippen MR) is 254 cm³/mol. The van der Waals surface area contributed by atoms with Crippen LogP contribution >= 0.6 is 0 Å². The third-order valence-electron chi connectivity index (χ3n) is 10.3. The van der Waals surface area contributed by atoms with Crippen LogP contribution < -0.4 is 5.11 Å². The molecule has 0 aliphatic rings. The Labute approximate surface area is 373 Å². The fourth-order valence-corrected chi connectivity index (χ4v) is 6.54. The van der Waals surface area contributed by atoms with Gasteiger partial charge in [0, 0.05) is 19.3 Å². The molecule has 0 spiro atoms. The number of carbonyl (C=O) groups excluding carboxylic acids is 3. The summed E-state index contributed by atoms with van der Waals surface area (Å²) in [5.74, 6) is -1.79. The van der Waals surface area contributed by atoms with Gasteiger partial charge in [0.25, 0.3) is 0 Å². The van der Waals surface area contributed by atoms with Gasteiger partial charge in [-0.1, -0.05) is 157 Å². The fourth-order valence-electron chi connectivity index (χ4n) is 6.54. The molecule has 0 heterocycles. The van der Waals surface area contributed by atoms with Crippen LogP contribution in [0.25, 0.3) is 0 Å². The summed E-state index contributed by atoms with van der Waals surface area (Å²) < 4.78 is 17.2. The summed E-state index contributed by atoms with van der Waals surface area (Å²) in [5.41, 5.74) is 0. The first-order valence-electron chi connectivity index (χ1n) is 24.1. The van der Waals surface area contributed by atoms with Gasteiger partial charge >= 0.3 is 11.9 Å². The van der Waals surface area contributed by atoms with Crippen LogP contribution in [0, 0.1) is 0 Å². The molecule has 0 saturated heterocycles. The molecule has 8 heteroatoms. The highest BCUT2D eigenvalue weighted by molar-refractivity contribution is 5.70. The van der Waals surface area contributed by atoms with Crippen molar-refractivity contribution in [2.24, 2.45) is 0 Å². The van der Waals surface area contributed by atoms with E-state index in [1.165, 1.54) is 51.4 Å². The molecular weight excluding hydrogens is 763 g/mol. The number of carboxylic acids is 1. The van der Waals surface area contributed by atoms with Crippen molar-refractivity contribution in [1.29, 1.82) is 0 Å². The molecule has 0 aromatic heterocycles. The van der Waals surface area contributed by atoms with Crippen molar-refractivity contribution in [2.45, 2.75) is 193 Å². The van der Waals surface area contributed by atoms with E-state index in [0.717, 1.165) is 96.3 Å². The molecule has 0 amide bonds. The molecule has 0 bridgehead atoms. The highest BCUT2D eigenvalue weighted by Crippen LogP contribution is 2.13. The summed E-state index contributed by atoms with van der Waals surface area (Å²) in [7, 11) is 5.39. The Bertz CT molecular complexity index is 1270. The molecule has 0 aliphatic heterocycles. The number of hydrogen-bond acceptors (Lipinski definition) is 7. The summed E-state index contributed by atoms with van der Waals surface area (Å²) in [5, 5.41) is 11.6. The minimum atomic E-state index is -1.13. The topological polar surface area (TPSA) is 102 Å². The quantitative estimate of drug-likeness (QED) is 0.0261. The first-order chi connectivity index (χ1) is 29.6. The number of unbranched alkanes of at least 4 members (excludes halogenated alkanes) is 14. The Morgan fingerprint density at radius 1 is 0.508 bits per heavy atom. The van der Waals surface area contributed by atoms with E-state index in [9.17, 15) is 19.5 Å². The van der Waals surface area contributed by atoms with Gasteiger partial charge in [0.1, 0.15) is 12.6 Å². The van der Waals surface area contributed by atoms with E-state index < -0.39 is 18.1 Å². The van der Waals surface area contributed by atoms with Crippen LogP contribution in [-0.4, -0.2) is 75.5 Å². The lowest BCUT2D eigenvalue weighted by Crippen LogP contribution is -2.55. The molecule has 0 fully saturated rings. The third kappa shape index (κ3) is 41.6. The van der Waals surface area contributed by atoms with Gasteiger partial charge in [-0.15, -0.1) is 0 Å². The normalized spacial score (nSPS) is 13.7. The van der Waals surface area contributed by atoms with Crippen molar-refractivity contribution in [1.82, 2.24) is 0 Å². The SMILES string of the molecule is CC/C=C/C/C=C/C/C=C/C/C=C/C/C=C/CCCCCCC(=O)OC(COCCC(C(=O)[O-])[N+](C)(C)C)COC(=O)CCCCCCCCC/C=C/C/C=C/CCCCC. The van der Waals surface area contributed by atoms with Crippen molar-refractivity contribution in [3.63, 3.8) is 0 Å². The number of ether oxygens (including phenoxy) is 3. The standard InChI is InChI=1S/C53H89NO7/c1-6-8-10-12-14-16-18-20-22-24-25-26-28-30-32-34-36-38-40-42-44-52(56)61-49(47-59-46-45-50(53(57)58)54(3,4)5)48-60-51(55)43-41-39-37-35-33-31-29-27-23-21-19-17-15-13-11-9-7-2/h8,10,14-17,20-23,25-26,30,32,49-50H,6-7,9,11-13,18-19,24,27-29,31,33-48H2,1-5H3/b10-8+,16-14+,17-15+,22-20+,23-21+,26-25+,32-30+. The van der Waals surface area contributed by atoms with Gasteiger partial charge < -0.3 is 28.6 Å². The van der Waals surface area contributed by atoms with Crippen LogP contribution in [0.2, 0.25) is 0 Å². The van der Waals surface area contributed by atoms with E-state index in [0.29, 0.717) is 6.42 Å². The molecule has 0 aromatic carbocycles. The zero-order chi connectivity index (χ0) is 44.9. The fraction of sp³-hybridized carbons (Fsp3) is 0.679. The summed E-state index contributed by atoms with van der Waals surface area (Å²) in [6.07, 6.45) is 56.0. The van der Waals surface area contributed by atoms with Crippen molar-refractivity contribution in [2.75, 3.05) is 41.0 Å². The number of aliphatic carboxylic acids is 1. The maximum absolute atomic E-state index is 12.8. The van der Waals surface area contributed by atoms with Crippen LogP contribution in [0.4, 0.5) is 0 Å². The van der Waals surface area contributed by atoms with Gasteiger partial charge in [-0.2, -0.15) is 0 Å². The van der Waals surface area contributed by atoms with Crippen LogP contribution in [-0.2, 0) is 28.6 Å². The lowest BCUT2D eigenvalue weighted by molar-refractivity contribution is -0.889. The number of esters is 2. The Kier molecular flexibility index (Phi) is 40.7. The number of rotatable bonds is 42. The molecule has 2 atom stereocenters. The molecule has 0 radical (unpaired) electrons. The first-order valence-corrected chi connectivity index (χ1v) is 24.1. The second-order valence-electron chi connectivity index (χ2n) is 17.0. The Morgan fingerprint density at radius 3 is 1.36 bits per heavy atom. The largest absolute Gasteiger partial charge is 0.544 e. The number of nitrogens with zero attached hydrogens (tertiary/aromatic N) is 1. The smallest absolute Gasteiger partial charge is 0.306 e. The van der Waals surface area contributed by atoms with Gasteiger partial charge in [0.2, 0.25) is 0 Å². The second kappa shape index (κ2) is 43.2. The van der Waals surface area contributed by atoms with Crippen LogP contribution in [0.5, 0.6) is 0 Å². The Hall–Kier alpha value is -3.49. The highest BCUT2D eigenvalue weighted by Gasteiger charge is 2.25. The van der Waals surface area contributed by atoms with E-state index in [-0.39, 0.29) is 49.1 Å². The average Bonchev–Trinajstić information content (AvgIpc) is 3.22. The lowest BCUT2D eigenvalue weighted by atomic mass is 10.1. The maximum Gasteiger partial charge on any atom is 0.306 e. The Balaban J connectivity index is 4.38. The van der Waals surface area contributed by atoms with Crippen molar-refractivity contribution in [3.8, 4) is 0 Å². The first kappa shape index (κ1) is 57.5. The molecule has 0 saturated carbocycles. The zero-order valence-corrected chi connectivity index (χ0v) is 39.5. The van der Waals surface area contributed by atoms with E-state index >= 15 is 0 Å². The van der Waals surface area contributed by atoms with Gasteiger partial charge in [-0.05, 0) is 89.9 Å². The summed E-state index contributed by atoms with van der Waals surface area (Å²) >= 11 is 0. The summed E-state index contributed by atoms with van der Waals surface area (Å²) in [6.45, 7) is 4.48. The van der Waals surface area contributed by atoms with Crippen molar-refractivity contribution < 1.29 is 38.2 Å². The van der Waals surface area contributed by atoms with Gasteiger partial charge in [-0.25, -0.2) is 0 Å². The number of quaternary nitrogens is 1. The maximum atomic E-state index is 12.8. The minimum absolute atomic E-state index is 0.0230. The minimum Gasteiger partial charge on any atom is -0.544 e. The third-order valence-corrected chi connectivity index (χ3v) is 10.3. The average molecular weight is 852 g/mol. The zero-order valence-electron chi connectivity index (χ0n) is 39.5. The molecular formula is C53H89NO7. The lowest BCUT2D eigenvalue weighted by Gasteiger charge is -2.34. The van der Waals surface area contributed by atoms with E-state index in [1.807, 2.05) is 0 Å². The number of carboxylic acid groups (broad SMARTS) is 1. The van der Waals surface area contributed by atoms with E-state index in [2.05, 4.69) is 98.9 Å². The van der Waals surface area contributed by atoms with Crippen molar-refractivity contribution >= 4 is 17.9 Å². The molecule has 8 nitrogen and oxygen atoms in total. The Morgan fingerprint density at radius 2 is 0.918 bits per heavy atom.